The Morgan fingerprint density at radius 2 is 2.05 bits per heavy atom. The Labute approximate surface area is 129 Å². The van der Waals surface area contributed by atoms with Crippen molar-refractivity contribution < 1.29 is 9.84 Å². The number of methoxy groups -OCH3 is 1. The molecule has 2 N–H and O–H groups in total. The van der Waals surface area contributed by atoms with Crippen LogP contribution in [0, 0.1) is 6.92 Å². The lowest BCUT2D eigenvalue weighted by Gasteiger charge is -2.04. The molecule has 0 bridgehead atoms. The minimum Gasteiger partial charge on any atom is -0.496 e. The van der Waals surface area contributed by atoms with Crippen molar-refractivity contribution in [3.05, 3.63) is 59.2 Å². The van der Waals surface area contributed by atoms with Crippen LogP contribution < -0.4 is 4.74 Å². The molecular formula is C18H18N2O2. The molecule has 0 aliphatic rings. The van der Waals surface area contributed by atoms with E-state index in [2.05, 4.69) is 9.98 Å². The summed E-state index contributed by atoms with van der Waals surface area (Å²) in [4.78, 5) is 7.41. The summed E-state index contributed by atoms with van der Waals surface area (Å²) in [6, 6.07) is 13.8. The molecule has 0 aliphatic heterocycles. The molecular weight excluding hydrogens is 276 g/mol. The molecule has 2 aromatic carbocycles. The van der Waals surface area contributed by atoms with Crippen molar-refractivity contribution >= 4 is 17.1 Å². The molecule has 0 radical (unpaired) electrons. The topological polar surface area (TPSA) is 57.6 Å². The number of para-hydroxylation sites is 1. The maximum Gasteiger partial charge on any atom is 0.198 e. The number of nitrogens with zero attached hydrogens (tertiary/aromatic N) is 1. The molecule has 4 heteroatoms. The number of H-pyrrole nitrogens is 1. The van der Waals surface area contributed by atoms with Gasteiger partial charge in [0.15, 0.2) is 5.88 Å². The zero-order valence-electron chi connectivity index (χ0n) is 12.6. The number of fused-ring (bicyclic) bond motifs is 1. The molecule has 0 saturated carbocycles. The number of aliphatic imine (C=N–C) groups is 1. The Balaban J connectivity index is 1.89. The van der Waals surface area contributed by atoms with E-state index in [-0.39, 0.29) is 5.88 Å². The molecule has 0 fully saturated rings. The molecule has 22 heavy (non-hydrogen) atoms. The van der Waals surface area contributed by atoms with Crippen LogP contribution in [0.25, 0.3) is 10.9 Å². The third-order valence-electron chi connectivity index (χ3n) is 3.65. The Morgan fingerprint density at radius 3 is 2.86 bits per heavy atom. The molecule has 0 spiro atoms. The molecule has 0 unspecified atom stereocenters. The summed E-state index contributed by atoms with van der Waals surface area (Å²) < 4.78 is 5.31. The third kappa shape index (κ3) is 2.68. The number of hydrogen-bond donors (Lipinski definition) is 2. The number of ether oxygens (including phenoxy) is 1. The summed E-state index contributed by atoms with van der Waals surface area (Å²) in [5.41, 5.74) is 3.78. The molecule has 112 valence electrons. The van der Waals surface area contributed by atoms with Crippen molar-refractivity contribution in [2.45, 2.75) is 13.5 Å². The molecule has 0 aliphatic carbocycles. The van der Waals surface area contributed by atoms with Gasteiger partial charge in [-0.3, -0.25) is 4.99 Å². The van der Waals surface area contributed by atoms with Gasteiger partial charge in [0.25, 0.3) is 0 Å². The summed E-state index contributed by atoms with van der Waals surface area (Å²) in [5.74, 6) is 0.961. The van der Waals surface area contributed by atoms with Crippen molar-refractivity contribution in [1.29, 1.82) is 0 Å². The van der Waals surface area contributed by atoms with Gasteiger partial charge in [0, 0.05) is 22.7 Å². The van der Waals surface area contributed by atoms with Gasteiger partial charge in [0.2, 0.25) is 0 Å². The Hall–Kier alpha value is -2.75. The highest BCUT2D eigenvalue weighted by Crippen LogP contribution is 2.26. The van der Waals surface area contributed by atoms with Gasteiger partial charge in [-0.25, -0.2) is 0 Å². The second kappa shape index (κ2) is 5.93. The second-order valence-electron chi connectivity index (χ2n) is 5.22. The highest BCUT2D eigenvalue weighted by molar-refractivity contribution is 6.02. The number of rotatable bonds is 4. The van der Waals surface area contributed by atoms with Crippen LogP contribution in [0.2, 0.25) is 0 Å². The van der Waals surface area contributed by atoms with Gasteiger partial charge in [0.05, 0.1) is 19.2 Å². The quantitative estimate of drug-likeness (QED) is 0.719. The lowest BCUT2D eigenvalue weighted by atomic mass is 10.1. The number of nitrogens with one attached hydrogen (secondary N) is 1. The van der Waals surface area contributed by atoms with E-state index in [1.807, 2.05) is 49.4 Å². The average molecular weight is 294 g/mol. The molecule has 0 atom stereocenters. The number of aromatic hydroxyl groups is 1. The van der Waals surface area contributed by atoms with Crippen LogP contribution in [-0.4, -0.2) is 23.4 Å². The first-order valence-electron chi connectivity index (χ1n) is 7.12. The van der Waals surface area contributed by atoms with Crippen LogP contribution in [0.4, 0.5) is 0 Å². The number of aryl methyl sites for hydroxylation is 1. The Kier molecular flexibility index (Phi) is 3.83. The Bertz CT molecular complexity index is 834. The normalized spacial score (nSPS) is 11.4. The predicted molar refractivity (Wildman–Crippen MR) is 89.0 cm³/mol. The predicted octanol–water partition coefficient (Wildman–Crippen LogP) is 3.81. The first-order chi connectivity index (χ1) is 10.7. The van der Waals surface area contributed by atoms with Crippen molar-refractivity contribution in [2.75, 3.05) is 7.11 Å². The monoisotopic (exact) mass is 294 g/mol. The number of benzene rings is 2. The fourth-order valence-electron chi connectivity index (χ4n) is 2.51. The smallest absolute Gasteiger partial charge is 0.198 e. The van der Waals surface area contributed by atoms with Crippen LogP contribution in [0.3, 0.4) is 0 Å². The van der Waals surface area contributed by atoms with Gasteiger partial charge in [-0.15, -0.1) is 0 Å². The van der Waals surface area contributed by atoms with Crippen LogP contribution in [0.15, 0.2) is 47.5 Å². The van der Waals surface area contributed by atoms with E-state index in [0.29, 0.717) is 12.1 Å². The zero-order chi connectivity index (χ0) is 15.5. The second-order valence-corrected chi connectivity index (χ2v) is 5.22. The first-order valence-corrected chi connectivity index (χ1v) is 7.12. The van der Waals surface area contributed by atoms with Gasteiger partial charge in [-0.2, -0.15) is 0 Å². The highest BCUT2D eigenvalue weighted by Gasteiger charge is 2.08. The Morgan fingerprint density at radius 1 is 1.23 bits per heavy atom. The van der Waals surface area contributed by atoms with Gasteiger partial charge in [0.1, 0.15) is 5.75 Å². The van der Waals surface area contributed by atoms with Crippen LogP contribution in [0.1, 0.15) is 16.7 Å². The standard InChI is InChI=1S/C18H18N2O2/c1-12-7-8-16-14(9-12)15(18(21)20-16)11-19-10-13-5-3-4-6-17(13)22-2/h3-9,11,20-21H,10H2,1-2H3. The van der Waals surface area contributed by atoms with Gasteiger partial charge in [-0.1, -0.05) is 29.8 Å². The van der Waals surface area contributed by atoms with E-state index >= 15 is 0 Å². The summed E-state index contributed by atoms with van der Waals surface area (Å²) in [6.45, 7) is 2.53. The summed E-state index contributed by atoms with van der Waals surface area (Å²) in [7, 11) is 1.65. The van der Waals surface area contributed by atoms with Crippen LogP contribution in [-0.2, 0) is 6.54 Å². The van der Waals surface area contributed by atoms with Crippen molar-refractivity contribution in [3.8, 4) is 11.6 Å². The van der Waals surface area contributed by atoms with E-state index in [4.69, 9.17) is 4.74 Å². The lowest BCUT2D eigenvalue weighted by molar-refractivity contribution is 0.410. The number of hydrogen-bond acceptors (Lipinski definition) is 3. The molecule has 3 aromatic rings. The SMILES string of the molecule is COc1ccccc1CN=Cc1c(O)[nH]c2ccc(C)cc12. The lowest BCUT2D eigenvalue weighted by Crippen LogP contribution is -1.90. The molecule has 0 amide bonds. The fraction of sp³-hybridized carbons (Fsp3) is 0.167. The maximum absolute atomic E-state index is 10.1. The molecule has 1 heterocycles. The fourth-order valence-corrected chi connectivity index (χ4v) is 2.51. The average Bonchev–Trinajstić information content (AvgIpc) is 2.83. The minimum absolute atomic E-state index is 0.143. The van der Waals surface area contributed by atoms with Gasteiger partial charge >= 0.3 is 0 Å². The minimum atomic E-state index is 0.143. The van der Waals surface area contributed by atoms with Crippen LogP contribution >= 0.6 is 0 Å². The van der Waals surface area contributed by atoms with Crippen molar-refractivity contribution in [3.63, 3.8) is 0 Å². The first kappa shape index (κ1) is 14.2. The maximum atomic E-state index is 10.1. The summed E-state index contributed by atoms with van der Waals surface area (Å²) in [6.07, 6.45) is 1.71. The number of aromatic nitrogens is 1. The van der Waals surface area contributed by atoms with Crippen molar-refractivity contribution in [2.24, 2.45) is 4.99 Å². The molecule has 1 aromatic heterocycles. The summed E-state index contributed by atoms with van der Waals surface area (Å²) in [5, 5.41) is 11.0. The van der Waals surface area contributed by atoms with E-state index in [1.54, 1.807) is 13.3 Å². The van der Waals surface area contributed by atoms with E-state index in [0.717, 1.165) is 27.8 Å². The van der Waals surface area contributed by atoms with Crippen LogP contribution in [0.5, 0.6) is 11.6 Å². The third-order valence-corrected chi connectivity index (χ3v) is 3.65. The molecule has 0 saturated heterocycles. The van der Waals surface area contributed by atoms with E-state index in [1.165, 1.54) is 0 Å². The molecule has 4 nitrogen and oxygen atoms in total. The number of aromatic amines is 1. The van der Waals surface area contributed by atoms with Gasteiger partial charge < -0.3 is 14.8 Å². The largest absolute Gasteiger partial charge is 0.496 e. The van der Waals surface area contributed by atoms with E-state index < -0.39 is 0 Å². The highest BCUT2D eigenvalue weighted by atomic mass is 16.5. The van der Waals surface area contributed by atoms with Crippen molar-refractivity contribution in [1.82, 2.24) is 4.98 Å². The van der Waals surface area contributed by atoms with E-state index in [9.17, 15) is 5.11 Å². The zero-order valence-corrected chi connectivity index (χ0v) is 12.6. The molecule has 3 rings (SSSR count). The summed E-state index contributed by atoms with van der Waals surface area (Å²) >= 11 is 0. The van der Waals surface area contributed by atoms with Gasteiger partial charge in [-0.05, 0) is 25.1 Å².